The summed E-state index contributed by atoms with van der Waals surface area (Å²) in [5.41, 5.74) is 11.3. The van der Waals surface area contributed by atoms with Gasteiger partial charge in [0, 0.05) is 24.3 Å². The van der Waals surface area contributed by atoms with Crippen LogP contribution in [-0.4, -0.2) is 42.3 Å². The summed E-state index contributed by atoms with van der Waals surface area (Å²) < 4.78 is 0. The molecule has 150 valence electrons. The van der Waals surface area contributed by atoms with Gasteiger partial charge in [0.1, 0.15) is 0 Å². The van der Waals surface area contributed by atoms with E-state index in [4.69, 9.17) is 5.73 Å². The number of aryl methyl sites for hydroxylation is 2. The molecule has 1 fully saturated rings. The molecule has 0 spiro atoms. The van der Waals surface area contributed by atoms with E-state index in [1.807, 2.05) is 18.2 Å². The van der Waals surface area contributed by atoms with Crippen molar-refractivity contribution >= 4 is 23.5 Å². The maximum absolute atomic E-state index is 12.5. The van der Waals surface area contributed by atoms with Crippen molar-refractivity contribution in [2.24, 2.45) is 10.7 Å². The van der Waals surface area contributed by atoms with E-state index in [2.05, 4.69) is 27.8 Å². The molecule has 29 heavy (non-hydrogen) atoms. The summed E-state index contributed by atoms with van der Waals surface area (Å²) in [6, 6.07) is 13.6. The SMILES string of the molecule is NC(=NCc1ccc(C(=O)N2CCNC(=O)C2)cc1)Nc1ccc2c(c1)CCC2. The van der Waals surface area contributed by atoms with Gasteiger partial charge in [0.05, 0.1) is 13.1 Å². The molecule has 0 atom stereocenters. The normalized spacial score (nSPS) is 16.3. The lowest BCUT2D eigenvalue weighted by Crippen LogP contribution is -2.49. The number of hydrogen-bond donors (Lipinski definition) is 3. The van der Waals surface area contributed by atoms with Gasteiger partial charge in [-0.05, 0) is 60.2 Å². The molecular weight excluding hydrogens is 366 g/mol. The summed E-state index contributed by atoms with van der Waals surface area (Å²) in [6.45, 7) is 1.55. The first-order valence-corrected chi connectivity index (χ1v) is 9.92. The van der Waals surface area contributed by atoms with E-state index >= 15 is 0 Å². The molecule has 0 unspecified atom stereocenters. The molecule has 4 N–H and O–H groups in total. The van der Waals surface area contributed by atoms with Gasteiger partial charge in [-0.3, -0.25) is 9.59 Å². The van der Waals surface area contributed by atoms with E-state index in [-0.39, 0.29) is 18.4 Å². The maximum atomic E-state index is 12.5. The fraction of sp³-hybridized carbons (Fsp3) is 0.318. The molecule has 0 aromatic heterocycles. The van der Waals surface area contributed by atoms with Crippen LogP contribution in [0.2, 0.25) is 0 Å². The van der Waals surface area contributed by atoms with Gasteiger partial charge in [-0.15, -0.1) is 0 Å². The minimum absolute atomic E-state index is 0.107. The number of fused-ring (bicyclic) bond motifs is 1. The number of nitrogens with zero attached hydrogens (tertiary/aromatic N) is 2. The zero-order valence-electron chi connectivity index (χ0n) is 16.3. The van der Waals surface area contributed by atoms with Gasteiger partial charge in [-0.1, -0.05) is 18.2 Å². The Hall–Kier alpha value is -3.35. The van der Waals surface area contributed by atoms with Crippen molar-refractivity contribution in [1.29, 1.82) is 0 Å². The summed E-state index contributed by atoms with van der Waals surface area (Å²) in [7, 11) is 0. The number of benzene rings is 2. The number of anilines is 1. The fourth-order valence-electron chi connectivity index (χ4n) is 3.76. The van der Waals surface area contributed by atoms with Crippen LogP contribution in [0.4, 0.5) is 5.69 Å². The second-order valence-corrected chi connectivity index (χ2v) is 7.44. The summed E-state index contributed by atoms with van der Waals surface area (Å²) in [4.78, 5) is 29.9. The number of carbonyl (C=O) groups is 2. The third-order valence-corrected chi connectivity index (χ3v) is 5.33. The number of nitrogens with one attached hydrogen (secondary N) is 2. The highest BCUT2D eigenvalue weighted by Crippen LogP contribution is 2.24. The highest BCUT2D eigenvalue weighted by atomic mass is 16.2. The molecule has 2 aliphatic rings. The van der Waals surface area contributed by atoms with Crippen molar-refractivity contribution in [3.63, 3.8) is 0 Å². The van der Waals surface area contributed by atoms with E-state index in [9.17, 15) is 9.59 Å². The first-order valence-electron chi connectivity index (χ1n) is 9.92. The Labute approximate surface area is 170 Å². The van der Waals surface area contributed by atoms with Gasteiger partial charge in [-0.2, -0.15) is 0 Å². The van der Waals surface area contributed by atoms with Crippen molar-refractivity contribution in [3.05, 3.63) is 64.7 Å². The van der Waals surface area contributed by atoms with Crippen molar-refractivity contribution in [1.82, 2.24) is 10.2 Å². The standard InChI is InChI=1S/C22H25N5O2/c23-22(26-19-9-8-16-2-1-3-18(16)12-19)25-13-15-4-6-17(7-5-15)21(29)27-11-10-24-20(28)14-27/h4-9,12H,1-3,10-11,13-14H2,(H,24,28)(H3,23,25,26). The monoisotopic (exact) mass is 391 g/mol. The molecule has 1 heterocycles. The van der Waals surface area contributed by atoms with Crippen molar-refractivity contribution in [2.45, 2.75) is 25.8 Å². The second-order valence-electron chi connectivity index (χ2n) is 7.44. The van der Waals surface area contributed by atoms with Crippen LogP contribution in [0.25, 0.3) is 0 Å². The molecule has 7 heteroatoms. The van der Waals surface area contributed by atoms with E-state index < -0.39 is 0 Å². The Morgan fingerprint density at radius 1 is 1.14 bits per heavy atom. The Balaban J connectivity index is 1.34. The summed E-state index contributed by atoms with van der Waals surface area (Å²) >= 11 is 0. The average Bonchev–Trinajstić information content (AvgIpc) is 3.20. The molecule has 7 nitrogen and oxygen atoms in total. The molecule has 1 aliphatic heterocycles. The molecule has 4 rings (SSSR count). The van der Waals surface area contributed by atoms with Crippen LogP contribution >= 0.6 is 0 Å². The van der Waals surface area contributed by atoms with Gasteiger partial charge in [0.2, 0.25) is 5.91 Å². The molecule has 2 aromatic carbocycles. The van der Waals surface area contributed by atoms with Crippen LogP contribution in [-0.2, 0) is 24.2 Å². The molecule has 1 aliphatic carbocycles. The summed E-state index contributed by atoms with van der Waals surface area (Å²) in [5.74, 6) is 0.108. The summed E-state index contributed by atoms with van der Waals surface area (Å²) in [6.07, 6.45) is 3.49. The number of nitrogens with two attached hydrogens (primary N) is 1. The van der Waals surface area contributed by atoms with E-state index in [1.54, 1.807) is 17.0 Å². The Kier molecular flexibility index (Phi) is 5.46. The number of carbonyl (C=O) groups excluding carboxylic acids is 2. The zero-order chi connectivity index (χ0) is 20.2. The lowest BCUT2D eigenvalue weighted by Gasteiger charge is -2.26. The predicted molar refractivity (Wildman–Crippen MR) is 113 cm³/mol. The van der Waals surface area contributed by atoms with Crippen molar-refractivity contribution in [2.75, 3.05) is 25.0 Å². The Morgan fingerprint density at radius 3 is 2.72 bits per heavy atom. The lowest BCUT2D eigenvalue weighted by molar-refractivity contribution is -0.123. The van der Waals surface area contributed by atoms with Crippen LogP contribution in [0.1, 0.15) is 33.5 Å². The minimum Gasteiger partial charge on any atom is -0.370 e. The Morgan fingerprint density at radius 2 is 1.93 bits per heavy atom. The van der Waals surface area contributed by atoms with Crippen LogP contribution in [0.5, 0.6) is 0 Å². The largest absolute Gasteiger partial charge is 0.370 e. The van der Waals surface area contributed by atoms with Gasteiger partial charge < -0.3 is 21.3 Å². The smallest absolute Gasteiger partial charge is 0.254 e. The molecule has 1 saturated heterocycles. The van der Waals surface area contributed by atoms with Gasteiger partial charge in [0.15, 0.2) is 5.96 Å². The highest BCUT2D eigenvalue weighted by Gasteiger charge is 2.22. The van der Waals surface area contributed by atoms with Gasteiger partial charge in [-0.25, -0.2) is 4.99 Å². The quantitative estimate of drug-likeness (QED) is 0.545. The van der Waals surface area contributed by atoms with Gasteiger partial charge >= 0.3 is 0 Å². The van der Waals surface area contributed by atoms with Gasteiger partial charge in [0.25, 0.3) is 5.91 Å². The molecule has 2 amide bonds. The molecule has 0 bridgehead atoms. The van der Waals surface area contributed by atoms with E-state index in [0.717, 1.165) is 24.1 Å². The molecular formula is C22H25N5O2. The first kappa shape index (κ1) is 19.0. The highest BCUT2D eigenvalue weighted by molar-refractivity contribution is 5.97. The second kappa shape index (κ2) is 8.34. The van der Waals surface area contributed by atoms with Crippen LogP contribution in [0, 0.1) is 0 Å². The number of piperazine rings is 1. The van der Waals surface area contributed by atoms with E-state index in [0.29, 0.717) is 31.2 Å². The maximum Gasteiger partial charge on any atom is 0.254 e. The number of amides is 2. The lowest BCUT2D eigenvalue weighted by atomic mass is 10.1. The van der Waals surface area contributed by atoms with Crippen LogP contribution in [0.3, 0.4) is 0 Å². The number of guanidine groups is 1. The first-order chi connectivity index (χ1) is 14.1. The number of hydrogen-bond acceptors (Lipinski definition) is 3. The van der Waals surface area contributed by atoms with E-state index in [1.165, 1.54) is 17.5 Å². The third-order valence-electron chi connectivity index (χ3n) is 5.33. The Bertz CT molecular complexity index is 952. The molecule has 2 aromatic rings. The predicted octanol–water partition coefficient (Wildman–Crippen LogP) is 1.67. The van der Waals surface area contributed by atoms with Crippen molar-refractivity contribution in [3.8, 4) is 0 Å². The third kappa shape index (κ3) is 4.56. The number of aliphatic imine (C=N–C) groups is 1. The summed E-state index contributed by atoms with van der Waals surface area (Å²) in [5, 5.41) is 5.87. The van der Waals surface area contributed by atoms with Crippen molar-refractivity contribution < 1.29 is 9.59 Å². The molecule has 0 radical (unpaired) electrons. The minimum atomic E-state index is -0.132. The average molecular weight is 391 g/mol. The zero-order valence-corrected chi connectivity index (χ0v) is 16.3. The van der Waals surface area contributed by atoms with Crippen LogP contribution < -0.4 is 16.4 Å². The van der Waals surface area contributed by atoms with Crippen LogP contribution in [0.15, 0.2) is 47.5 Å². The molecule has 0 saturated carbocycles. The topological polar surface area (TPSA) is 99.8 Å². The number of rotatable bonds is 4. The fourth-order valence-corrected chi connectivity index (χ4v) is 3.76.